The molecule has 0 radical (unpaired) electrons. The van der Waals surface area contributed by atoms with E-state index in [1.165, 1.54) is 11.1 Å². The molecule has 3 aliphatic rings. The van der Waals surface area contributed by atoms with E-state index in [-0.39, 0.29) is 0 Å². The van der Waals surface area contributed by atoms with Gasteiger partial charge >= 0.3 is 0 Å². The number of fused-ring (bicyclic) bond motifs is 4. The number of furan rings is 1. The molecule has 0 saturated carbocycles. The van der Waals surface area contributed by atoms with Crippen LogP contribution < -0.4 is 19.5 Å². The van der Waals surface area contributed by atoms with Crippen molar-refractivity contribution in [1.29, 1.82) is 0 Å². The highest BCUT2D eigenvalue weighted by atomic mass is 16.6. The zero-order valence-electron chi connectivity index (χ0n) is 19.6. The number of aromatic nitrogens is 1. The maximum Gasteiger partial charge on any atom is 0.285 e. The summed E-state index contributed by atoms with van der Waals surface area (Å²) in [5, 5.41) is 4.81. The van der Waals surface area contributed by atoms with Gasteiger partial charge in [-0.25, -0.2) is 0 Å². The number of ether oxygens (including phenoxy) is 3. The van der Waals surface area contributed by atoms with Gasteiger partial charge in [-0.3, -0.25) is 4.98 Å². The molecule has 6 rings (SSSR count). The van der Waals surface area contributed by atoms with Crippen molar-refractivity contribution in [2.24, 2.45) is 0 Å². The van der Waals surface area contributed by atoms with Gasteiger partial charge in [0.15, 0.2) is 11.5 Å². The number of allylic oxidation sites excluding steroid dienone is 1. The Bertz CT molecular complexity index is 1200. The smallest absolute Gasteiger partial charge is 0.285 e. The molecule has 0 amide bonds. The van der Waals surface area contributed by atoms with Crippen LogP contribution in [0, 0.1) is 0 Å². The van der Waals surface area contributed by atoms with Gasteiger partial charge in [0.2, 0.25) is 0 Å². The topological polar surface area (TPSA) is 69.0 Å². The fourth-order valence-corrected chi connectivity index (χ4v) is 5.39. The number of nitrogens with one attached hydrogen (secondary N) is 1. The van der Waals surface area contributed by atoms with Crippen molar-refractivity contribution in [3.05, 3.63) is 53.4 Å². The lowest BCUT2D eigenvalue weighted by molar-refractivity contribution is 0.170. The van der Waals surface area contributed by atoms with Crippen LogP contribution in [0.5, 0.6) is 17.4 Å². The molecule has 1 saturated heterocycles. The molecule has 1 N–H and O–H groups in total. The van der Waals surface area contributed by atoms with E-state index < -0.39 is 0 Å². The Hall–Kier alpha value is -3.03. The van der Waals surface area contributed by atoms with Crippen LogP contribution in [0.2, 0.25) is 0 Å². The molecule has 1 aromatic carbocycles. The number of hydrogen-bond donors (Lipinski definition) is 1. The van der Waals surface area contributed by atoms with Gasteiger partial charge in [-0.1, -0.05) is 24.3 Å². The van der Waals surface area contributed by atoms with Gasteiger partial charge in [0.05, 0.1) is 19.0 Å². The first-order valence-electron chi connectivity index (χ1n) is 12.2. The molecule has 2 aromatic heterocycles. The van der Waals surface area contributed by atoms with E-state index in [4.69, 9.17) is 18.6 Å². The predicted molar refractivity (Wildman–Crippen MR) is 131 cm³/mol. The number of benzene rings is 1. The number of nitrogens with zero attached hydrogens (tertiary/aromatic N) is 2. The Morgan fingerprint density at radius 2 is 1.97 bits per heavy atom. The summed E-state index contributed by atoms with van der Waals surface area (Å²) < 4.78 is 22.7. The Labute approximate surface area is 199 Å². The van der Waals surface area contributed by atoms with Crippen molar-refractivity contribution in [1.82, 2.24) is 15.2 Å². The Morgan fingerprint density at radius 1 is 1.12 bits per heavy atom. The zero-order chi connectivity index (χ0) is 22.9. The fourth-order valence-electron chi connectivity index (χ4n) is 5.39. The largest absolute Gasteiger partial charge is 0.486 e. The number of piperidine rings is 1. The van der Waals surface area contributed by atoms with Gasteiger partial charge in [-0.15, -0.1) is 0 Å². The number of rotatable bonds is 6. The van der Waals surface area contributed by atoms with Crippen LogP contribution in [0.15, 0.2) is 41.0 Å². The van der Waals surface area contributed by atoms with E-state index in [2.05, 4.69) is 39.5 Å². The molecule has 1 unspecified atom stereocenters. The molecule has 0 bridgehead atoms. The fraction of sp³-hybridized carbons (Fsp3) is 0.444. The van der Waals surface area contributed by atoms with Crippen LogP contribution in [0.1, 0.15) is 42.0 Å². The molecule has 1 fully saturated rings. The monoisotopic (exact) mass is 461 g/mol. The number of methoxy groups -OCH3 is 1. The first kappa shape index (κ1) is 21.5. The van der Waals surface area contributed by atoms with Gasteiger partial charge in [0.25, 0.3) is 5.95 Å². The maximum atomic E-state index is 6.05. The summed E-state index contributed by atoms with van der Waals surface area (Å²) in [6, 6.07) is 8.82. The molecule has 7 heteroatoms. The molecule has 1 atom stereocenters. The predicted octanol–water partition coefficient (Wildman–Crippen LogP) is 4.36. The Balaban J connectivity index is 1.06. The third-order valence-electron chi connectivity index (χ3n) is 7.19. The molecular weight excluding hydrogens is 430 g/mol. The molecule has 1 aliphatic carbocycles. The summed E-state index contributed by atoms with van der Waals surface area (Å²) >= 11 is 0. The standard InChI is InChI=1S/C27H31N3O4/c1-31-25-13-19-6-5-18-3-2-4-20(26(18)27(19)34-25)17-30-9-7-21(8-10-30)28-15-22-14-23-24(16-29-22)33-12-11-32-23/h2-3,5-6,13-14,16,20-21,28H,4,7-12,15,17H2,1H3. The van der Waals surface area contributed by atoms with E-state index in [0.29, 0.717) is 31.1 Å². The lowest BCUT2D eigenvalue weighted by Gasteiger charge is -2.35. The van der Waals surface area contributed by atoms with Crippen molar-refractivity contribution in [3.8, 4) is 17.4 Å². The minimum absolute atomic E-state index is 0.436. The SMILES string of the molecule is COc1cc2ccc3c(c2o1)C(CN1CCC(NCc2cc4c(cn2)OCCO4)CC1)CC=C3. The van der Waals surface area contributed by atoms with Crippen molar-refractivity contribution in [2.45, 2.75) is 37.8 Å². The van der Waals surface area contributed by atoms with Crippen LogP contribution >= 0.6 is 0 Å². The average Bonchev–Trinajstić information content (AvgIpc) is 3.32. The van der Waals surface area contributed by atoms with Gasteiger partial charge in [-0.2, -0.15) is 0 Å². The van der Waals surface area contributed by atoms with Crippen LogP contribution in [0.4, 0.5) is 0 Å². The zero-order valence-corrected chi connectivity index (χ0v) is 19.6. The second-order valence-corrected chi connectivity index (χ2v) is 9.37. The normalized spacial score (nSPS) is 20.4. The summed E-state index contributed by atoms with van der Waals surface area (Å²) in [7, 11) is 1.66. The van der Waals surface area contributed by atoms with Gasteiger partial charge in [-0.05, 0) is 37.9 Å². The van der Waals surface area contributed by atoms with Crippen molar-refractivity contribution in [3.63, 3.8) is 0 Å². The second kappa shape index (κ2) is 9.31. The molecule has 4 heterocycles. The summed E-state index contributed by atoms with van der Waals surface area (Å²) in [6.07, 6.45) is 9.62. The van der Waals surface area contributed by atoms with Gasteiger partial charge < -0.3 is 28.8 Å². The number of pyridine rings is 1. The molecule has 34 heavy (non-hydrogen) atoms. The Morgan fingerprint density at radius 3 is 2.82 bits per heavy atom. The maximum absolute atomic E-state index is 6.05. The highest BCUT2D eigenvalue weighted by molar-refractivity contribution is 5.86. The van der Waals surface area contributed by atoms with Crippen LogP contribution in [0.25, 0.3) is 17.0 Å². The first-order valence-corrected chi connectivity index (χ1v) is 12.2. The summed E-state index contributed by atoms with van der Waals surface area (Å²) in [5.74, 6) is 2.56. The molecular formula is C27H31N3O4. The van der Waals surface area contributed by atoms with Gasteiger partial charge in [0.1, 0.15) is 18.8 Å². The summed E-state index contributed by atoms with van der Waals surface area (Å²) in [6.45, 7) is 5.19. The quantitative estimate of drug-likeness (QED) is 0.585. The highest BCUT2D eigenvalue weighted by Gasteiger charge is 2.27. The highest BCUT2D eigenvalue weighted by Crippen LogP contribution is 2.39. The lowest BCUT2D eigenvalue weighted by atomic mass is 9.85. The average molecular weight is 462 g/mol. The minimum Gasteiger partial charge on any atom is -0.486 e. The lowest BCUT2D eigenvalue weighted by Crippen LogP contribution is -2.43. The second-order valence-electron chi connectivity index (χ2n) is 9.37. The number of likely N-dealkylation sites (tertiary alicyclic amines) is 1. The Kier molecular flexibility index (Phi) is 5.89. The van der Waals surface area contributed by atoms with Crippen molar-refractivity contribution < 1.29 is 18.6 Å². The van der Waals surface area contributed by atoms with Crippen molar-refractivity contribution >= 4 is 17.0 Å². The molecule has 3 aromatic rings. The van der Waals surface area contributed by atoms with E-state index >= 15 is 0 Å². The third-order valence-corrected chi connectivity index (χ3v) is 7.19. The van der Waals surface area contributed by atoms with Crippen molar-refractivity contribution in [2.75, 3.05) is 40.0 Å². The van der Waals surface area contributed by atoms with Crippen LogP contribution in [0.3, 0.4) is 0 Å². The van der Waals surface area contributed by atoms with E-state index in [0.717, 1.165) is 73.6 Å². The minimum atomic E-state index is 0.436. The van der Waals surface area contributed by atoms with E-state index in [1.54, 1.807) is 13.3 Å². The van der Waals surface area contributed by atoms with E-state index in [1.807, 2.05) is 12.1 Å². The molecule has 2 aliphatic heterocycles. The molecule has 0 spiro atoms. The molecule has 178 valence electrons. The van der Waals surface area contributed by atoms with E-state index in [9.17, 15) is 0 Å². The van der Waals surface area contributed by atoms with Gasteiger partial charge in [0, 0.05) is 48.1 Å². The summed E-state index contributed by atoms with van der Waals surface area (Å²) in [5.41, 5.74) is 4.57. The van der Waals surface area contributed by atoms with Crippen LogP contribution in [-0.4, -0.2) is 55.9 Å². The first-order chi connectivity index (χ1) is 16.8. The summed E-state index contributed by atoms with van der Waals surface area (Å²) in [4.78, 5) is 7.12. The third kappa shape index (κ3) is 4.26. The van der Waals surface area contributed by atoms with Crippen LogP contribution in [-0.2, 0) is 6.54 Å². The molecule has 7 nitrogen and oxygen atoms in total. The number of hydrogen-bond acceptors (Lipinski definition) is 7.